The number of furan rings is 1. The van der Waals surface area contributed by atoms with Crippen molar-refractivity contribution < 1.29 is 14.0 Å². The number of nitrogens with one attached hydrogen (secondary N) is 1. The van der Waals surface area contributed by atoms with Gasteiger partial charge in [0, 0.05) is 25.6 Å². The summed E-state index contributed by atoms with van der Waals surface area (Å²) in [5.74, 6) is 1.53. The lowest BCUT2D eigenvalue weighted by atomic mass is 10.1. The van der Waals surface area contributed by atoms with Gasteiger partial charge in [0.15, 0.2) is 10.8 Å². The van der Waals surface area contributed by atoms with E-state index in [1.807, 2.05) is 37.8 Å². The van der Waals surface area contributed by atoms with Crippen LogP contribution in [-0.4, -0.2) is 40.8 Å². The summed E-state index contributed by atoms with van der Waals surface area (Å²) in [6, 6.07) is 3.80. The van der Waals surface area contributed by atoms with Crippen molar-refractivity contribution in [3.05, 3.63) is 28.5 Å². The maximum atomic E-state index is 12.9. The normalized spacial score (nSPS) is 17.6. The molecule has 0 bridgehead atoms. The molecule has 1 unspecified atom stereocenters. The molecule has 0 spiro atoms. The minimum Gasteiger partial charge on any atom is -0.459 e. The zero-order valence-corrected chi connectivity index (χ0v) is 15.6. The highest BCUT2D eigenvalue weighted by molar-refractivity contribution is 7.17. The summed E-state index contributed by atoms with van der Waals surface area (Å²) < 4.78 is 5.61. The second-order valence-corrected chi connectivity index (χ2v) is 7.35. The zero-order chi connectivity index (χ0) is 18.0. The van der Waals surface area contributed by atoms with Crippen LogP contribution in [0.2, 0.25) is 0 Å². The van der Waals surface area contributed by atoms with E-state index in [1.54, 1.807) is 0 Å². The van der Waals surface area contributed by atoms with Crippen molar-refractivity contribution in [3.8, 4) is 10.8 Å². The highest BCUT2D eigenvalue weighted by Gasteiger charge is 2.28. The number of piperidine rings is 1. The molecule has 1 fully saturated rings. The van der Waals surface area contributed by atoms with Crippen LogP contribution in [0.4, 0.5) is 0 Å². The van der Waals surface area contributed by atoms with Crippen LogP contribution in [0.3, 0.4) is 0 Å². The van der Waals surface area contributed by atoms with Crippen LogP contribution < -0.4 is 5.32 Å². The molecule has 0 aromatic carbocycles. The molecule has 3 rings (SSSR count). The topological polar surface area (TPSA) is 75.4 Å². The number of aromatic nitrogens is 1. The maximum absolute atomic E-state index is 12.9. The minimum absolute atomic E-state index is 0.0139. The number of likely N-dealkylation sites (tertiary alicyclic amines) is 1. The van der Waals surface area contributed by atoms with E-state index in [9.17, 15) is 9.59 Å². The molecule has 6 nitrogen and oxygen atoms in total. The first-order chi connectivity index (χ1) is 12.0. The van der Waals surface area contributed by atoms with Crippen LogP contribution in [0.5, 0.6) is 0 Å². The number of hydrogen-bond acceptors (Lipinski definition) is 5. The molecule has 1 aliphatic rings. The van der Waals surface area contributed by atoms with Crippen molar-refractivity contribution in [2.75, 3.05) is 13.1 Å². The van der Waals surface area contributed by atoms with Gasteiger partial charge in [-0.05, 0) is 38.8 Å². The second kappa shape index (κ2) is 7.39. The Labute approximate surface area is 151 Å². The van der Waals surface area contributed by atoms with Crippen molar-refractivity contribution in [1.29, 1.82) is 0 Å². The molecule has 0 saturated carbocycles. The molecule has 3 heterocycles. The average Bonchev–Trinajstić information content (AvgIpc) is 3.20. The summed E-state index contributed by atoms with van der Waals surface area (Å²) in [7, 11) is 0. The quantitative estimate of drug-likeness (QED) is 0.908. The third kappa shape index (κ3) is 3.92. The van der Waals surface area contributed by atoms with Gasteiger partial charge in [0.05, 0.1) is 5.69 Å². The van der Waals surface area contributed by atoms with Gasteiger partial charge in [-0.3, -0.25) is 9.59 Å². The number of amides is 2. The Bertz CT molecular complexity index is 780. The second-order valence-electron chi connectivity index (χ2n) is 6.36. The number of hydrogen-bond donors (Lipinski definition) is 1. The molecule has 7 heteroatoms. The molecule has 0 aliphatic carbocycles. The van der Waals surface area contributed by atoms with Crippen molar-refractivity contribution in [1.82, 2.24) is 15.2 Å². The monoisotopic (exact) mass is 361 g/mol. The van der Waals surface area contributed by atoms with E-state index >= 15 is 0 Å². The largest absolute Gasteiger partial charge is 0.459 e. The SMILES string of the molecule is CCC(=O)NC1CCCN(C(=O)c2sc(-c3ccc(C)o3)nc2C)C1. The van der Waals surface area contributed by atoms with Gasteiger partial charge in [-0.25, -0.2) is 4.98 Å². The van der Waals surface area contributed by atoms with Crippen molar-refractivity contribution in [2.24, 2.45) is 0 Å². The molecule has 0 radical (unpaired) electrons. The lowest BCUT2D eigenvalue weighted by Gasteiger charge is -2.33. The van der Waals surface area contributed by atoms with Crippen molar-refractivity contribution in [2.45, 2.75) is 46.1 Å². The molecule has 134 valence electrons. The fourth-order valence-electron chi connectivity index (χ4n) is 3.00. The van der Waals surface area contributed by atoms with Crippen LogP contribution in [0.25, 0.3) is 10.8 Å². The summed E-state index contributed by atoms with van der Waals surface area (Å²) in [6.45, 7) is 6.83. The predicted octanol–water partition coefficient (Wildman–Crippen LogP) is 3.15. The molecule has 2 amide bonds. The van der Waals surface area contributed by atoms with Crippen molar-refractivity contribution in [3.63, 3.8) is 0 Å². The van der Waals surface area contributed by atoms with E-state index < -0.39 is 0 Å². The van der Waals surface area contributed by atoms with Crippen LogP contribution in [0, 0.1) is 13.8 Å². The first-order valence-corrected chi connectivity index (χ1v) is 9.42. The van der Waals surface area contributed by atoms with E-state index in [-0.39, 0.29) is 17.9 Å². The van der Waals surface area contributed by atoms with E-state index in [2.05, 4.69) is 10.3 Å². The van der Waals surface area contributed by atoms with Gasteiger partial charge in [-0.1, -0.05) is 6.92 Å². The van der Waals surface area contributed by atoms with Crippen LogP contribution >= 0.6 is 11.3 Å². The average molecular weight is 361 g/mol. The standard InChI is InChI=1S/C18H23N3O3S/c1-4-15(22)20-13-6-5-9-21(10-13)18(23)16-12(3)19-17(25-16)14-8-7-11(2)24-14/h7-8,13H,4-6,9-10H2,1-3H3,(H,20,22). The van der Waals surface area contributed by atoms with Gasteiger partial charge in [0.1, 0.15) is 10.6 Å². The number of carbonyl (C=O) groups excluding carboxylic acids is 2. The van der Waals surface area contributed by atoms with Crippen LogP contribution in [0.15, 0.2) is 16.5 Å². The highest BCUT2D eigenvalue weighted by Crippen LogP contribution is 2.30. The van der Waals surface area contributed by atoms with E-state index in [0.717, 1.165) is 29.3 Å². The Balaban J connectivity index is 1.74. The summed E-state index contributed by atoms with van der Waals surface area (Å²) in [5.41, 5.74) is 0.721. The van der Waals surface area contributed by atoms with Gasteiger partial charge in [0.2, 0.25) is 5.91 Å². The molecule has 1 saturated heterocycles. The Hall–Kier alpha value is -2.15. The molecule has 1 aliphatic heterocycles. The summed E-state index contributed by atoms with van der Waals surface area (Å²) in [4.78, 5) is 31.5. The molecular weight excluding hydrogens is 338 g/mol. The highest BCUT2D eigenvalue weighted by atomic mass is 32.1. The van der Waals surface area contributed by atoms with Gasteiger partial charge >= 0.3 is 0 Å². The Morgan fingerprint density at radius 1 is 1.40 bits per heavy atom. The molecule has 25 heavy (non-hydrogen) atoms. The summed E-state index contributed by atoms with van der Waals surface area (Å²) in [5, 5.41) is 3.72. The molecule has 2 aromatic heterocycles. The fraction of sp³-hybridized carbons (Fsp3) is 0.500. The smallest absolute Gasteiger partial charge is 0.265 e. The molecular formula is C18H23N3O3S. The van der Waals surface area contributed by atoms with Crippen LogP contribution in [0.1, 0.15) is 47.3 Å². The Morgan fingerprint density at radius 3 is 2.88 bits per heavy atom. The minimum atomic E-state index is -0.0139. The van der Waals surface area contributed by atoms with Gasteiger partial charge in [-0.15, -0.1) is 11.3 Å². The number of nitrogens with zero attached hydrogens (tertiary/aromatic N) is 2. The molecule has 2 aromatic rings. The van der Waals surface area contributed by atoms with Crippen molar-refractivity contribution >= 4 is 23.2 Å². The van der Waals surface area contributed by atoms with E-state index in [4.69, 9.17) is 4.42 Å². The fourth-order valence-corrected chi connectivity index (χ4v) is 4.00. The van der Waals surface area contributed by atoms with Crippen LogP contribution in [-0.2, 0) is 4.79 Å². The summed E-state index contributed by atoms with van der Waals surface area (Å²) in [6.07, 6.45) is 2.26. The van der Waals surface area contributed by atoms with Gasteiger partial charge < -0.3 is 14.6 Å². The molecule has 1 atom stereocenters. The Morgan fingerprint density at radius 2 is 2.20 bits per heavy atom. The lowest BCUT2D eigenvalue weighted by Crippen LogP contribution is -2.49. The maximum Gasteiger partial charge on any atom is 0.265 e. The zero-order valence-electron chi connectivity index (χ0n) is 14.8. The number of carbonyl (C=O) groups is 2. The number of thiazole rings is 1. The van der Waals surface area contributed by atoms with E-state index in [1.165, 1.54) is 11.3 Å². The summed E-state index contributed by atoms with van der Waals surface area (Å²) >= 11 is 1.36. The third-order valence-corrected chi connectivity index (χ3v) is 5.50. The molecule has 1 N–H and O–H groups in total. The number of aryl methyl sites for hydroxylation is 2. The predicted molar refractivity (Wildman–Crippen MR) is 96.6 cm³/mol. The van der Waals surface area contributed by atoms with Gasteiger partial charge in [0.25, 0.3) is 5.91 Å². The first-order valence-electron chi connectivity index (χ1n) is 8.60. The third-order valence-electron chi connectivity index (χ3n) is 4.34. The Kier molecular flexibility index (Phi) is 5.22. The number of rotatable bonds is 4. The lowest BCUT2D eigenvalue weighted by molar-refractivity contribution is -0.121. The first kappa shape index (κ1) is 17.7. The van der Waals surface area contributed by atoms with Gasteiger partial charge in [-0.2, -0.15) is 0 Å². The van der Waals surface area contributed by atoms with E-state index in [0.29, 0.717) is 30.1 Å².